The predicted octanol–water partition coefficient (Wildman–Crippen LogP) is 4.95. The van der Waals surface area contributed by atoms with Crippen LogP contribution < -0.4 is 4.90 Å². The van der Waals surface area contributed by atoms with Crippen molar-refractivity contribution in [3.63, 3.8) is 0 Å². The monoisotopic (exact) mass is 336 g/mol. The first-order chi connectivity index (χ1) is 11.0. The van der Waals surface area contributed by atoms with Gasteiger partial charge in [-0.2, -0.15) is 0 Å². The highest BCUT2D eigenvalue weighted by Gasteiger charge is 2.30. The van der Waals surface area contributed by atoms with Gasteiger partial charge in [0.1, 0.15) is 17.0 Å². The minimum atomic E-state index is -1.02. The topological polar surface area (TPSA) is 15.6 Å². The molecule has 2 aromatic carbocycles. The molecule has 0 saturated carbocycles. The van der Waals surface area contributed by atoms with E-state index in [0.717, 1.165) is 0 Å². The first-order valence-corrected chi connectivity index (χ1v) is 7.31. The standard InChI is InChI=1S/C17H12ClF3N2/c1-10-16(11-5-3-2-4-6-11)23(15(18)9-22-10)17-13(20)7-12(19)8-14(17)21/h2-9,15H,1H3. The Labute approximate surface area is 136 Å². The van der Waals surface area contributed by atoms with Crippen molar-refractivity contribution >= 4 is 29.2 Å². The number of anilines is 1. The van der Waals surface area contributed by atoms with E-state index < -0.39 is 28.6 Å². The Morgan fingerprint density at radius 1 is 1.04 bits per heavy atom. The molecule has 0 spiro atoms. The molecule has 1 unspecified atom stereocenters. The zero-order valence-corrected chi connectivity index (χ0v) is 12.9. The molecule has 6 heteroatoms. The van der Waals surface area contributed by atoms with Crippen molar-refractivity contribution in [3.8, 4) is 0 Å². The first-order valence-electron chi connectivity index (χ1n) is 6.87. The van der Waals surface area contributed by atoms with Crippen LogP contribution in [-0.4, -0.2) is 11.7 Å². The van der Waals surface area contributed by atoms with Crippen LogP contribution in [0.4, 0.5) is 18.9 Å². The fraction of sp³-hybridized carbons (Fsp3) is 0.118. The number of aliphatic imine (C=N–C) groups is 1. The normalized spacial score (nSPS) is 17.8. The van der Waals surface area contributed by atoms with Crippen molar-refractivity contribution in [1.82, 2.24) is 0 Å². The first kappa shape index (κ1) is 15.6. The lowest BCUT2D eigenvalue weighted by Crippen LogP contribution is -2.35. The van der Waals surface area contributed by atoms with E-state index in [0.29, 0.717) is 29.1 Å². The van der Waals surface area contributed by atoms with Gasteiger partial charge >= 0.3 is 0 Å². The number of benzene rings is 2. The Morgan fingerprint density at radius 3 is 2.26 bits per heavy atom. The molecule has 0 saturated heterocycles. The fourth-order valence-electron chi connectivity index (χ4n) is 2.54. The zero-order chi connectivity index (χ0) is 16.6. The SMILES string of the molecule is CC1=C(c2ccccc2)N(c2c(F)cc(F)cc2F)C(Cl)C=N1. The highest BCUT2D eigenvalue weighted by molar-refractivity contribution is 6.31. The largest absolute Gasteiger partial charge is 0.312 e. The average molecular weight is 337 g/mol. The summed E-state index contributed by atoms with van der Waals surface area (Å²) in [5.41, 5.74) is 0.420. The van der Waals surface area contributed by atoms with Crippen molar-refractivity contribution in [2.75, 3.05) is 4.90 Å². The van der Waals surface area contributed by atoms with E-state index >= 15 is 0 Å². The molecule has 2 aromatic rings. The van der Waals surface area contributed by atoms with Crippen molar-refractivity contribution in [3.05, 3.63) is 71.2 Å². The molecule has 2 nitrogen and oxygen atoms in total. The van der Waals surface area contributed by atoms with E-state index in [1.165, 1.54) is 11.1 Å². The number of hydrogen-bond donors (Lipinski definition) is 0. The molecule has 0 N–H and O–H groups in total. The molecule has 0 aliphatic carbocycles. The quantitative estimate of drug-likeness (QED) is 0.559. The molecule has 23 heavy (non-hydrogen) atoms. The van der Waals surface area contributed by atoms with Crippen molar-refractivity contribution in [2.45, 2.75) is 12.4 Å². The molecule has 118 valence electrons. The lowest BCUT2D eigenvalue weighted by Gasteiger charge is -2.34. The molecule has 0 fully saturated rings. The minimum absolute atomic E-state index is 0.407. The van der Waals surface area contributed by atoms with Gasteiger partial charge < -0.3 is 4.90 Å². The smallest absolute Gasteiger partial charge is 0.152 e. The third-order valence-electron chi connectivity index (χ3n) is 3.49. The lowest BCUT2D eigenvalue weighted by atomic mass is 10.1. The summed E-state index contributed by atoms with van der Waals surface area (Å²) in [6.07, 6.45) is 1.38. The van der Waals surface area contributed by atoms with Crippen LogP contribution in [0, 0.1) is 17.5 Å². The molecule has 0 aromatic heterocycles. The van der Waals surface area contributed by atoms with Gasteiger partial charge in [0.25, 0.3) is 0 Å². The Morgan fingerprint density at radius 2 is 1.65 bits per heavy atom. The van der Waals surface area contributed by atoms with Gasteiger partial charge in [-0.15, -0.1) is 0 Å². The molecule has 0 bridgehead atoms. The average Bonchev–Trinajstić information content (AvgIpc) is 2.50. The van der Waals surface area contributed by atoms with Crippen LogP contribution in [0.25, 0.3) is 5.70 Å². The van der Waals surface area contributed by atoms with Crippen LogP contribution >= 0.6 is 11.6 Å². The summed E-state index contributed by atoms with van der Waals surface area (Å²) in [6, 6.07) is 10.3. The van der Waals surface area contributed by atoms with E-state index in [1.807, 2.05) is 6.07 Å². The lowest BCUT2D eigenvalue weighted by molar-refractivity contribution is 0.543. The highest BCUT2D eigenvalue weighted by atomic mass is 35.5. The van der Waals surface area contributed by atoms with E-state index in [9.17, 15) is 13.2 Å². The summed E-state index contributed by atoms with van der Waals surface area (Å²) in [5, 5.41) is 0. The maximum absolute atomic E-state index is 14.2. The Balaban J connectivity index is 2.22. The van der Waals surface area contributed by atoms with E-state index in [4.69, 9.17) is 11.6 Å². The molecular weight excluding hydrogens is 325 g/mol. The highest BCUT2D eigenvalue weighted by Crippen LogP contribution is 2.37. The molecule has 3 rings (SSSR count). The Bertz CT molecular complexity index is 780. The van der Waals surface area contributed by atoms with Crippen LogP contribution in [0.3, 0.4) is 0 Å². The second kappa shape index (κ2) is 6.08. The van der Waals surface area contributed by atoms with Gasteiger partial charge in [0.05, 0.1) is 11.4 Å². The van der Waals surface area contributed by atoms with Crippen LogP contribution in [-0.2, 0) is 0 Å². The van der Waals surface area contributed by atoms with E-state index in [2.05, 4.69) is 4.99 Å². The summed E-state index contributed by atoms with van der Waals surface area (Å²) in [7, 11) is 0. The second-order valence-electron chi connectivity index (χ2n) is 5.04. The Kier molecular flexibility index (Phi) is 4.13. The summed E-state index contributed by atoms with van der Waals surface area (Å²) in [4.78, 5) is 5.46. The number of alkyl halides is 1. The summed E-state index contributed by atoms with van der Waals surface area (Å²) < 4.78 is 41.7. The maximum atomic E-state index is 14.2. The van der Waals surface area contributed by atoms with Crippen LogP contribution in [0.5, 0.6) is 0 Å². The maximum Gasteiger partial charge on any atom is 0.152 e. The van der Waals surface area contributed by atoms with Crippen LogP contribution in [0.2, 0.25) is 0 Å². The molecule has 1 aliphatic rings. The third kappa shape index (κ3) is 2.84. The van der Waals surface area contributed by atoms with E-state index in [-0.39, 0.29) is 0 Å². The van der Waals surface area contributed by atoms with Crippen molar-refractivity contribution < 1.29 is 13.2 Å². The molecule has 0 amide bonds. The summed E-state index contributed by atoms with van der Waals surface area (Å²) in [5.74, 6) is -3.03. The van der Waals surface area contributed by atoms with Gasteiger partial charge in [-0.3, -0.25) is 4.99 Å². The number of halogens is 4. The molecule has 1 atom stereocenters. The zero-order valence-electron chi connectivity index (χ0n) is 12.1. The van der Waals surface area contributed by atoms with Crippen LogP contribution in [0.15, 0.2) is 53.2 Å². The van der Waals surface area contributed by atoms with Gasteiger partial charge in [-0.25, -0.2) is 13.2 Å². The number of nitrogens with zero attached hydrogens (tertiary/aromatic N) is 2. The second-order valence-corrected chi connectivity index (χ2v) is 5.49. The van der Waals surface area contributed by atoms with Crippen molar-refractivity contribution in [2.24, 2.45) is 4.99 Å². The summed E-state index contributed by atoms with van der Waals surface area (Å²) in [6.45, 7) is 1.72. The van der Waals surface area contributed by atoms with E-state index in [1.54, 1.807) is 31.2 Å². The van der Waals surface area contributed by atoms with Gasteiger partial charge in [0.2, 0.25) is 0 Å². The van der Waals surface area contributed by atoms with Gasteiger partial charge in [-0.05, 0) is 6.92 Å². The minimum Gasteiger partial charge on any atom is -0.312 e. The van der Waals surface area contributed by atoms with Gasteiger partial charge in [0.15, 0.2) is 11.6 Å². The van der Waals surface area contributed by atoms with Gasteiger partial charge in [0, 0.05) is 23.9 Å². The fourth-order valence-corrected chi connectivity index (χ4v) is 2.79. The number of allylic oxidation sites excluding steroid dienone is 1. The Hall–Kier alpha value is -2.27. The summed E-state index contributed by atoms with van der Waals surface area (Å²) >= 11 is 6.23. The molecule has 0 radical (unpaired) electrons. The number of rotatable bonds is 2. The molecule has 1 aliphatic heterocycles. The van der Waals surface area contributed by atoms with Gasteiger partial charge in [-0.1, -0.05) is 41.9 Å². The number of hydrogen-bond acceptors (Lipinski definition) is 2. The molecule has 1 heterocycles. The predicted molar refractivity (Wildman–Crippen MR) is 86.0 cm³/mol. The van der Waals surface area contributed by atoms with Crippen LogP contribution in [0.1, 0.15) is 12.5 Å². The molecular formula is C17H12ClF3N2. The third-order valence-corrected chi connectivity index (χ3v) is 3.80. The van der Waals surface area contributed by atoms with Crippen molar-refractivity contribution in [1.29, 1.82) is 0 Å².